The van der Waals surface area contributed by atoms with Gasteiger partial charge >= 0.3 is 0 Å². The van der Waals surface area contributed by atoms with Crippen LogP contribution < -0.4 is 0 Å². The summed E-state index contributed by atoms with van der Waals surface area (Å²) < 4.78 is 1.29. The Balaban J connectivity index is 0.000000810. The van der Waals surface area contributed by atoms with Crippen LogP contribution in [0.1, 0.15) is 17.2 Å². The van der Waals surface area contributed by atoms with Crippen molar-refractivity contribution in [2.75, 3.05) is 33.2 Å². The van der Waals surface area contributed by atoms with Gasteiger partial charge in [0.05, 0.1) is 0 Å². The van der Waals surface area contributed by atoms with Crippen LogP contribution in [0.5, 0.6) is 0 Å². The van der Waals surface area contributed by atoms with E-state index in [1.54, 1.807) is 0 Å². The molecule has 2 aliphatic rings. The van der Waals surface area contributed by atoms with Crippen LogP contribution in [-0.2, 0) is 6.42 Å². The molecule has 1 atom stereocenters. The molecule has 18 heavy (non-hydrogen) atoms. The van der Waals surface area contributed by atoms with Gasteiger partial charge in [-0.3, -0.25) is 4.90 Å². The molecule has 0 radical (unpaired) electrons. The fourth-order valence-corrected chi connectivity index (χ4v) is 3.61. The molecule has 0 N–H and O–H groups in total. The summed E-state index contributed by atoms with van der Waals surface area (Å²) in [5.74, 6) is 0. The Kier molecular flexibility index (Phi) is 5.94. The third-order valence-corrected chi connectivity index (χ3v) is 4.53. The van der Waals surface area contributed by atoms with E-state index in [2.05, 4.69) is 51.0 Å². The molecule has 2 nitrogen and oxygen atoms in total. The molecule has 2 aliphatic heterocycles. The SMILES string of the molecule is CN1CCN2CCc3cccc(Br)c3C2C1.Cl.Cl. The van der Waals surface area contributed by atoms with E-state index in [0.717, 1.165) is 6.54 Å². The molecule has 3 rings (SSSR count). The van der Waals surface area contributed by atoms with Gasteiger partial charge in [-0.05, 0) is 30.7 Å². The van der Waals surface area contributed by atoms with Crippen molar-refractivity contribution in [1.29, 1.82) is 0 Å². The van der Waals surface area contributed by atoms with Gasteiger partial charge in [0.15, 0.2) is 0 Å². The first kappa shape index (κ1) is 16.3. The average Bonchev–Trinajstić information content (AvgIpc) is 2.28. The zero-order chi connectivity index (χ0) is 11.1. The van der Waals surface area contributed by atoms with E-state index in [1.165, 1.54) is 41.7 Å². The molecule has 0 aliphatic carbocycles. The van der Waals surface area contributed by atoms with Gasteiger partial charge in [0.25, 0.3) is 0 Å². The minimum absolute atomic E-state index is 0. The van der Waals surface area contributed by atoms with Crippen molar-refractivity contribution < 1.29 is 0 Å². The molecule has 1 unspecified atom stereocenters. The number of rotatable bonds is 0. The van der Waals surface area contributed by atoms with Gasteiger partial charge in [0.1, 0.15) is 0 Å². The predicted octanol–water partition coefficient (Wildman–Crippen LogP) is 3.14. The summed E-state index contributed by atoms with van der Waals surface area (Å²) in [6, 6.07) is 7.21. The molecular formula is C13H19BrCl2N2. The van der Waals surface area contributed by atoms with Crippen LogP contribution in [0.2, 0.25) is 0 Å². The molecule has 0 amide bonds. The lowest BCUT2D eigenvalue weighted by Gasteiger charge is -2.44. The van der Waals surface area contributed by atoms with Crippen molar-refractivity contribution in [3.05, 3.63) is 33.8 Å². The molecular weight excluding hydrogens is 335 g/mol. The number of likely N-dealkylation sites (N-methyl/N-ethyl adjacent to an activating group) is 1. The quantitative estimate of drug-likeness (QED) is 0.707. The Morgan fingerprint density at radius 3 is 2.72 bits per heavy atom. The molecule has 0 aromatic heterocycles. The zero-order valence-corrected chi connectivity index (χ0v) is 13.7. The summed E-state index contributed by atoms with van der Waals surface area (Å²) >= 11 is 3.72. The molecule has 1 fully saturated rings. The first-order valence-electron chi connectivity index (χ1n) is 5.95. The number of piperazine rings is 1. The molecule has 102 valence electrons. The predicted molar refractivity (Wildman–Crippen MR) is 84.2 cm³/mol. The van der Waals surface area contributed by atoms with Gasteiger partial charge < -0.3 is 4.90 Å². The third kappa shape index (κ3) is 2.86. The van der Waals surface area contributed by atoms with E-state index < -0.39 is 0 Å². The molecule has 0 saturated carbocycles. The van der Waals surface area contributed by atoms with Crippen LogP contribution in [0, 0.1) is 0 Å². The molecule has 1 aromatic carbocycles. The minimum Gasteiger partial charge on any atom is -0.303 e. The van der Waals surface area contributed by atoms with Gasteiger partial charge in [-0.25, -0.2) is 0 Å². The van der Waals surface area contributed by atoms with Gasteiger partial charge in [-0.2, -0.15) is 0 Å². The van der Waals surface area contributed by atoms with Crippen molar-refractivity contribution in [3.63, 3.8) is 0 Å². The number of halogens is 3. The fourth-order valence-electron chi connectivity index (χ4n) is 2.94. The number of hydrogen-bond donors (Lipinski definition) is 0. The maximum Gasteiger partial charge on any atom is 0.0489 e. The molecule has 5 heteroatoms. The van der Waals surface area contributed by atoms with E-state index >= 15 is 0 Å². The summed E-state index contributed by atoms with van der Waals surface area (Å²) in [6.07, 6.45) is 1.20. The highest BCUT2D eigenvalue weighted by atomic mass is 79.9. The van der Waals surface area contributed by atoms with Crippen LogP contribution in [0.15, 0.2) is 22.7 Å². The van der Waals surface area contributed by atoms with E-state index in [-0.39, 0.29) is 24.8 Å². The zero-order valence-electron chi connectivity index (χ0n) is 10.4. The molecule has 0 bridgehead atoms. The number of nitrogens with zero attached hydrogens (tertiary/aromatic N) is 2. The average molecular weight is 354 g/mol. The molecule has 1 aromatic rings. The van der Waals surface area contributed by atoms with Gasteiger partial charge in [0, 0.05) is 36.7 Å². The largest absolute Gasteiger partial charge is 0.303 e. The maximum absolute atomic E-state index is 3.72. The Hall–Kier alpha value is 0.200. The summed E-state index contributed by atoms with van der Waals surface area (Å²) in [4.78, 5) is 5.07. The standard InChI is InChI=1S/C13H17BrN2.2ClH/c1-15-7-8-16-6-5-10-3-2-4-11(14)13(10)12(16)9-15;;/h2-4,12H,5-9H2,1H3;2*1H. The second-order valence-electron chi connectivity index (χ2n) is 4.88. The first-order valence-corrected chi connectivity index (χ1v) is 6.75. The van der Waals surface area contributed by atoms with Crippen molar-refractivity contribution in [2.45, 2.75) is 12.5 Å². The third-order valence-electron chi connectivity index (χ3n) is 3.84. The fraction of sp³-hybridized carbons (Fsp3) is 0.538. The van der Waals surface area contributed by atoms with E-state index in [9.17, 15) is 0 Å². The smallest absolute Gasteiger partial charge is 0.0489 e. The van der Waals surface area contributed by atoms with Gasteiger partial charge in [0.2, 0.25) is 0 Å². The van der Waals surface area contributed by atoms with Crippen LogP contribution in [0.4, 0.5) is 0 Å². The van der Waals surface area contributed by atoms with Crippen molar-refractivity contribution in [1.82, 2.24) is 9.80 Å². The number of hydrogen-bond acceptors (Lipinski definition) is 2. The second kappa shape index (κ2) is 6.58. The number of fused-ring (bicyclic) bond motifs is 3. The number of benzene rings is 1. The molecule has 2 heterocycles. The highest BCUT2D eigenvalue weighted by Crippen LogP contribution is 2.36. The van der Waals surface area contributed by atoms with Gasteiger partial charge in [-0.15, -0.1) is 24.8 Å². The lowest BCUT2D eigenvalue weighted by molar-refractivity contribution is 0.0821. The van der Waals surface area contributed by atoms with Crippen molar-refractivity contribution in [2.24, 2.45) is 0 Å². The van der Waals surface area contributed by atoms with Crippen LogP contribution in [-0.4, -0.2) is 43.0 Å². The highest BCUT2D eigenvalue weighted by Gasteiger charge is 2.32. The van der Waals surface area contributed by atoms with Crippen LogP contribution >= 0.6 is 40.7 Å². The van der Waals surface area contributed by atoms with E-state index in [0.29, 0.717) is 6.04 Å². The van der Waals surface area contributed by atoms with E-state index in [4.69, 9.17) is 0 Å². The summed E-state index contributed by atoms with van der Waals surface area (Å²) in [5, 5.41) is 0. The van der Waals surface area contributed by atoms with Crippen molar-refractivity contribution in [3.8, 4) is 0 Å². The van der Waals surface area contributed by atoms with E-state index in [1.807, 2.05) is 0 Å². The lowest BCUT2D eigenvalue weighted by Crippen LogP contribution is -2.49. The Morgan fingerprint density at radius 2 is 1.94 bits per heavy atom. The Morgan fingerprint density at radius 1 is 1.17 bits per heavy atom. The van der Waals surface area contributed by atoms with Crippen molar-refractivity contribution >= 4 is 40.7 Å². The topological polar surface area (TPSA) is 6.48 Å². The first-order chi connectivity index (χ1) is 7.75. The second-order valence-corrected chi connectivity index (χ2v) is 5.73. The normalized spacial score (nSPS) is 23.3. The summed E-state index contributed by atoms with van der Waals surface area (Å²) in [6.45, 7) is 4.80. The molecule has 0 spiro atoms. The van der Waals surface area contributed by atoms with Gasteiger partial charge in [-0.1, -0.05) is 28.1 Å². The Labute approximate surface area is 130 Å². The molecule has 1 saturated heterocycles. The minimum atomic E-state index is 0. The highest BCUT2D eigenvalue weighted by molar-refractivity contribution is 9.10. The maximum atomic E-state index is 3.72. The Bertz CT molecular complexity index is 414. The van der Waals surface area contributed by atoms with Crippen LogP contribution in [0.25, 0.3) is 0 Å². The summed E-state index contributed by atoms with van der Waals surface area (Å²) in [5.41, 5.74) is 3.06. The monoisotopic (exact) mass is 352 g/mol. The van der Waals surface area contributed by atoms with Crippen LogP contribution in [0.3, 0.4) is 0 Å². The summed E-state index contributed by atoms with van der Waals surface area (Å²) in [7, 11) is 2.22. The lowest BCUT2D eigenvalue weighted by atomic mass is 9.91.